The van der Waals surface area contributed by atoms with E-state index in [2.05, 4.69) is 24.8 Å². The summed E-state index contributed by atoms with van der Waals surface area (Å²) in [6, 6.07) is 10.2. The fraction of sp³-hybridized carbons (Fsp3) is 0.167. The fourth-order valence-corrected chi connectivity index (χ4v) is 2.52. The second-order valence-corrected chi connectivity index (χ2v) is 4.59. The van der Waals surface area contributed by atoms with Crippen molar-refractivity contribution in [2.75, 3.05) is 0 Å². The molecule has 0 saturated carbocycles. The van der Waals surface area contributed by atoms with Gasteiger partial charge in [-0.1, -0.05) is 49.1 Å². The molecule has 0 saturated heterocycles. The van der Waals surface area contributed by atoms with Gasteiger partial charge >= 0.3 is 0 Å². The summed E-state index contributed by atoms with van der Waals surface area (Å²) in [5, 5.41) is 2.22. The molecule has 0 spiro atoms. The molecule has 1 unspecified atom stereocenters. The van der Waals surface area contributed by atoms with Crippen molar-refractivity contribution >= 4 is 29.4 Å². The number of carbonyl (C=O) groups excluding carboxylic acids is 1. The maximum Gasteiger partial charge on any atom is 0.293 e. The van der Waals surface area contributed by atoms with E-state index in [-0.39, 0.29) is 6.10 Å². The zero-order valence-corrected chi connectivity index (χ0v) is 11.8. The average molecular weight is 266 g/mol. The van der Waals surface area contributed by atoms with Gasteiger partial charge in [-0.15, -0.1) is 0 Å². The van der Waals surface area contributed by atoms with Crippen LogP contribution >= 0.6 is 0 Å². The van der Waals surface area contributed by atoms with Gasteiger partial charge in [0.25, 0.3) is 6.47 Å². The number of benzene rings is 2. The maximum absolute atomic E-state index is 10.7. The normalized spacial score (nSPS) is 12.5. The summed E-state index contributed by atoms with van der Waals surface area (Å²) in [6.45, 7) is 8.24. The van der Waals surface area contributed by atoms with Gasteiger partial charge in [0.15, 0.2) is 0 Å². The van der Waals surface area contributed by atoms with Crippen molar-refractivity contribution in [3.8, 4) is 0 Å². The highest BCUT2D eigenvalue weighted by molar-refractivity contribution is 5.92. The number of hydrogen-bond acceptors (Lipinski definition) is 2. The van der Waals surface area contributed by atoms with Crippen LogP contribution in [0.5, 0.6) is 0 Å². The monoisotopic (exact) mass is 266 g/mol. The van der Waals surface area contributed by atoms with Crippen LogP contribution in [0.25, 0.3) is 22.9 Å². The molecule has 20 heavy (non-hydrogen) atoms. The molecule has 2 aromatic carbocycles. The number of rotatable bonds is 5. The summed E-state index contributed by atoms with van der Waals surface area (Å²) < 4.78 is 5.17. The Morgan fingerprint density at radius 1 is 1.30 bits per heavy atom. The second kappa shape index (κ2) is 6.20. The van der Waals surface area contributed by atoms with Crippen LogP contribution in [0.3, 0.4) is 0 Å². The zero-order valence-electron chi connectivity index (χ0n) is 11.8. The van der Waals surface area contributed by atoms with Crippen LogP contribution < -0.4 is 0 Å². The predicted molar refractivity (Wildman–Crippen MR) is 84.3 cm³/mol. The Balaban J connectivity index is 2.85. The van der Waals surface area contributed by atoms with Crippen LogP contribution in [-0.4, -0.2) is 6.47 Å². The van der Waals surface area contributed by atoms with Gasteiger partial charge in [-0.2, -0.15) is 0 Å². The van der Waals surface area contributed by atoms with Gasteiger partial charge in [-0.25, -0.2) is 0 Å². The number of fused-ring (bicyclic) bond motifs is 1. The minimum absolute atomic E-state index is 0.302. The number of allylic oxidation sites excluding steroid dienone is 1. The molecule has 2 rings (SSSR count). The van der Waals surface area contributed by atoms with E-state index >= 15 is 0 Å². The molecule has 0 radical (unpaired) electrons. The Hall–Kier alpha value is -2.35. The number of hydrogen-bond donors (Lipinski definition) is 0. The Kier molecular flexibility index (Phi) is 4.36. The molecule has 0 aliphatic heterocycles. The van der Waals surface area contributed by atoms with Gasteiger partial charge in [0.1, 0.15) is 6.10 Å². The van der Waals surface area contributed by atoms with E-state index in [1.165, 1.54) is 0 Å². The van der Waals surface area contributed by atoms with Crippen LogP contribution in [0.15, 0.2) is 43.0 Å². The minimum Gasteiger partial charge on any atom is -0.460 e. The van der Waals surface area contributed by atoms with Crippen LogP contribution in [0.4, 0.5) is 0 Å². The lowest BCUT2D eigenvalue weighted by atomic mass is 9.91. The summed E-state index contributed by atoms with van der Waals surface area (Å²) in [5.41, 5.74) is 3.11. The summed E-state index contributed by atoms with van der Waals surface area (Å²) >= 11 is 0. The Morgan fingerprint density at radius 2 is 2.05 bits per heavy atom. The Bertz CT molecular complexity index is 668. The molecule has 0 aromatic heterocycles. The lowest BCUT2D eigenvalue weighted by Crippen LogP contribution is -2.03. The van der Waals surface area contributed by atoms with Crippen molar-refractivity contribution < 1.29 is 9.53 Å². The van der Waals surface area contributed by atoms with Crippen LogP contribution in [0.2, 0.25) is 0 Å². The first-order valence-electron chi connectivity index (χ1n) is 6.62. The third-order valence-corrected chi connectivity index (χ3v) is 3.38. The smallest absolute Gasteiger partial charge is 0.293 e. The van der Waals surface area contributed by atoms with Gasteiger partial charge in [0.05, 0.1) is 0 Å². The molecule has 2 heteroatoms. The maximum atomic E-state index is 10.7. The molecule has 0 aliphatic carbocycles. The van der Waals surface area contributed by atoms with E-state index in [0.717, 1.165) is 27.5 Å². The number of carbonyl (C=O) groups is 1. The van der Waals surface area contributed by atoms with Crippen molar-refractivity contribution in [1.29, 1.82) is 0 Å². The van der Waals surface area contributed by atoms with Crippen LogP contribution in [0.1, 0.15) is 36.6 Å². The van der Waals surface area contributed by atoms with E-state index in [0.29, 0.717) is 6.47 Å². The second-order valence-electron chi connectivity index (χ2n) is 4.59. The third-order valence-electron chi connectivity index (χ3n) is 3.38. The van der Waals surface area contributed by atoms with Crippen molar-refractivity contribution in [3.63, 3.8) is 0 Å². The standard InChI is InChI=1S/C18H18O2/c1-4-8-16-14(5-2)11-15-9-6-7-10-17(15)18(16)13(3)20-12-19/h4-13H,2H2,1,3H3/b8-4-. The fourth-order valence-electron chi connectivity index (χ4n) is 2.52. The molecule has 2 aromatic rings. The molecule has 0 amide bonds. The van der Waals surface area contributed by atoms with E-state index in [1.54, 1.807) is 0 Å². The number of ether oxygens (including phenoxy) is 1. The largest absolute Gasteiger partial charge is 0.460 e. The van der Waals surface area contributed by atoms with Crippen molar-refractivity contribution in [1.82, 2.24) is 0 Å². The average Bonchev–Trinajstić information content (AvgIpc) is 2.46. The summed E-state index contributed by atoms with van der Waals surface area (Å²) in [5.74, 6) is 0. The third kappa shape index (κ3) is 2.50. The molecular weight excluding hydrogens is 248 g/mol. The van der Waals surface area contributed by atoms with E-state index in [4.69, 9.17) is 4.74 Å². The molecule has 0 heterocycles. The van der Waals surface area contributed by atoms with Crippen molar-refractivity contribution in [2.24, 2.45) is 0 Å². The lowest BCUT2D eigenvalue weighted by Gasteiger charge is -2.18. The van der Waals surface area contributed by atoms with Crippen molar-refractivity contribution in [2.45, 2.75) is 20.0 Å². The molecule has 0 bridgehead atoms. The first-order chi connectivity index (χ1) is 9.72. The predicted octanol–water partition coefficient (Wildman–Crippen LogP) is 4.75. The Morgan fingerprint density at radius 3 is 2.70 bits per heavy atom. The lowest BCUT2D eigenvalue weighted by molar-refractivity contribution is -0.133. The van der Waals surface area contributed by atoms with E-state index in [9.17, 15) is 4.79 Å². The molecule has 0 aliphatic rings. The van der Waals surface area contributed by atoms with Crippen molar-refractivity contribution in [3.05, 3.63) is 59.7 Å². The SMILES string of the molecule is C=Cc1cc2ccccc2c(C(C)OC=O)c1/C=C\C. The van der Waals surface area contributed by atoms with Gasteiger partial charge in [0.2, 0.25) is 0 Å². The molecule has 1 atom stereocenters. The zero-order chi connectivity index (χ0) is 14.5. The quantitative estimate of drug-likeness (QED) is 0.730. The highest BCUT2D eigenvalue weighted by atomic mass is 16.5. The molecule has 0 N–H and O–H groups in total. The highest BCUT2D eigenvalue weighted by Crippen LogP contribution is 2.33. The molecule has 2 nitrogen and oxygen atoms in total. The van der Waals surface area contributed by atoms with Gasteiger partial charge < -0.3 is 4.74 Å². The van der Waals surface area contributed by atoms with Gasteiger partial charge in [-0.3, -0.25) is 4.79 Å². The Labute approximate surface area is 119 Å². The minimum atomic E-state index is -0.302. The summed E-state index contributed by atoms with van der Waals surface area (Å²) in [7, 11) is 0. The first kappa shape index (κ1) is 14.1. The molecule has 102 valence electrons. The van der Waals surface area contributed by atoms with Crippen LogP contribution in [0, 0.1) is 0 Å². The van der Waals surface area contributed by atoms with E-state index < -0.39 is 0 Å². The van der Waals surface area contributed by atoms with Crippen LogP contribution in [-0.2, 0) is 9.53 Å². The molecule has 0 fully saturated rings. The topological polar surface area (TPSA) is 26.3 Å². The highest BCUT2D eigenvalue weighted by Gasteiger charge is 2.16. The first-order valence-corrected chi connectivity index (χ1v) is 6.62. The van der Waals surface area contributed by atoms with Gasteiger partial charge in [-0.05, 0) is 41.8 Å². The van der Waals surface area contributed by atoms with E-state index in [1.807, 2.05) is 44.2 Å². The summed E-state index contributed by atoms with van der Waals surface area (Å²) in [4.78, 5) is 10.7. The van der Waals surface area contributed by atoms with Gasteiger partial charge in [0, 0.05) is 5.56 Å². The summed E-state index contributed by atoms with van der Waals surface area (Å²) in [6.07, 6.45) is 5.54. The molecular formula is C18H18O2.